The van der Waals surface area contributed by atoms with E-state index in [9.17, 15) is 0 Å². The Morgan fingerprint density at radius 3 is 2.92 bits per heavy atom. The molecule has 1 saturated heterocycles. The molecule has 1 aromatic rings. The van der Waals surface area contributed by atoms with Gasteiger partial charge in [0, 0.05) is 37.9 Å². The average molecular weight is 180 g/mol. The number of nitrogens with one attached hydrogen (secondary N) is 1. The largest absolute Gasteiger partial charge is 0.379 e. The second-order valence-corrected chi connectivity index (χ2v) is 3.40. The molecule has 0 amide bonds. The number of nitrogens with zero attached hydrogens (tertiary/aromatic N) is 1. The van der Waals surface area contributed by atoms with E-state index in [1.165, 1.54) is 5.69 Å². The summed E-state index contributed by atoms with van der Waals surface area (Å²) in [5.74, 6) is 0. The maximum Gasteiger partial charge on any atom is 0.0594 e. The summed E-state index contributed by atoms with van der Waals surface area (Å²) in [6.45, 7) is 5.10. The minimum absolute atomic E-state index is 0.894. The van der Waals surface area contributed by atoms with E-state index in [-0.39, 0.29) is 0 Å². The summed E-state index contributed by atoms with van der Waals surface area (Å²) in [4.78, 5) is 5.67. The maximum absolute atomic E-state index is 5.29. The minimum Gasteiger partial charge on any atom is -0.379 e. The summed E-state index contributed by atoms with van der Waals surface area (Å²) in [5, 5.41) is 0. The quantitative estimate of drug-likeness (QED) is 0.748. The molecule has 1 fully saturated rings. The van der Waals surface area contributed by atoms with E-state index in [2.05, 4.69) is 22.0 Å². The second-order valence-electron chi connectivity index (χ2n) is 3.40. The summed E-state index contributed by atoms with van der Waals surface area (Å²) in [6.07, 6.45) is 3.10. The zero-order chi connectivity index (χ0) is 8.93. The minimum atomic E-state index is 0.894. The molecule has 0 saturated carbocycles. The summed E-state index contributed by atoms with van der Waals surface area (Å²) < 4.78 is 5.29. The molecular weight excluding hydrogens is 164 g/mol. The van der Waals surface area contributed by atoms with Crippen LogP contribution in [0.5, 0.6) is 0 Å². The molecule has 0 aliphatic carbocycles. The van der Waals surface area contributed by atoms with Gasteiger partial charge in [0.2, 0.25) is 0 Å². The molecule has 13 heavy (non-hydrogen) atoms. The van der Waals surface area contributed by atoms with Gasteiger partial charge in [0.1, 0.15) is 0 Å². The molecule has 0 bridgehead atoms. The molecule has 1 N–H and O–H groups in total. The smallest absolute Gasteiger partial charge is 0.0594 e. The van der Waals surface area contributed by atoms with Crippen molar-refractivity contribution in [1.29, 1.82) is 0 Å². The standard InChI is InChI=1S/C10H16N2O/c1-2-10(11-4-1)3-5-12-6-8-13-9-7-12/h1-2,4,11H,3,5-9H2. The molecule has 72 valence electrons. The van der Waals surface area contributed by atoms with Crippen LogP contribution in [-0.2, 0) is 11.2 Å². The average Bonchev–Trinajstić information content (AvgIpc) is 2.69. The van der Waals surface area contributed by atoms with Gasteiger partial charge in [-0.25, -0.2) is 0 Å². The predicted octanol–water partition coefficient (Wildman–Crippen LogP) is 0.889. The van der Waals surface area contributed by atoms with Crippen LogP contribution in [0.2, 0.25) is 0 Å². The molecule has 0 radical (unpaired) electrons. The number of ether oxygens (including phenoxy) is 1. The van der Waals surface area contributed by atoms with E-state index in [4.69, 9.17) is 4.74 Å². The lowest BCUT2D eigenvalue weighted by Crippen LogP contribution is -2.37. The Morgan fingerprint density at radius 1 is 1.38 bits per heavy atom. The molecule has 2 rings (SSSR count). The van der Waals surface area contributed by atoms with Gasteiger partial charge in [-0.2, -0.15) is 0 Å². The molecule has 0 spiro atoms. The normalized spacial score (nSPS) is 19.1. The molecule has 3 heteroatoms. The first-order valence-electron chi connectivity index (χ1n) is 4.87. The van der Waals surface area contributed by atoms with E-state index >= 15 is 0 Å². The Bertz CT molecular complexity index is 227. The molecule has 3 nitrogen and oxygen atoms in total. The fourth-order valence-electron chi connectivity index (χ4n) is 1.63. The van der Waals surface area contributed by atoms with Crippen LogP contribution in [0.15, 0.2) is 18.3 Å². The number of aromatic amines is 1. The van der Waals surface area contributed by atoms with Crippen molar-refractivity contribution in [2.24, 2.45) is 0 Å². The maximum atomic E-state index is 5.29. The van der Waals surface area contributed by atoms with Gasteiger partial charge >= 0.3 is 0 Å². The summed E-state index contributed by atoms with van der Waals surface area (Å²) in [5.41, 5.74) is 1.33. The molecule has 1 aliphatic rings. The fourth-order valence-corrected chi connectivity index (χ4v) is 1.63. The van der Waals surface area contributed by atoms with Gasteiger partial charge in [0.05, 0.1) is 13.2 Å². The highest BCUT2D eigenvalue weighted by atomic mass is 16.5. The lowest BCUT2D eigenvalue weighted by molar-refractivity contribution is 0.0383. The Balaban J connectivity index is 1.72. The number of aromatic nitrogens is 1. The van der Waals surface area contributed by atoms with Crippen LogP contribution in [0.4, 0.5) is 0 Å². The van der Waals surface area contributed by atoms with Crippen molar-refractivity contribution in [3.8, 4) is 0 Å². The van der Waals surface area contributed by atoms with Crippen molar-refractivity contribution in [2.45, 2.75) is 6.42 Å². The van der Waals surface area contributed by atoms with Crippen molar-refractivity contribution in [3.05, 3.63) is 24.0 Å². The number of hydrogen-bond acceptors (Lipinski definition) is 2. The van der Waals surface area contributed by atoms with E-state index in [0.29, 0.717) is 0 Å². The molecule has 0 aromatic carbocycles. The second kappa shape index (κ2) is 4.44. The zero-order valence-electron chi connectivity index (χ0n) is 7.83. The Labute approximate surface area is 78.7 Å². The first-order valence-corrected chi connectivity index (χ1v) is 4.87. The van der Waals surface area contributed by atoms with Crippen LogP contribution < -0.4 is 0 Å². The van der Waals surface area contributed by atoms with E-state index in [0.717, 1.165) is 39.3 Å². The first kappa shape index (κ1) is 8.78. The molecule has 2 heterocycles. The third-order valence-electron chi connectivity index (χ3n) is 2.46. The van der Waals surface area contributed by atoms with Crippen LogP contribution in [-0.4, -0.2) is 42.7 Å². The van der Waals surface area contributed by atoms with Crippen molar-refractivity contribution in [3.63, 3.8) is 0 Å². The highest BCUT2D eigenvalue weighted by molar-refractivity contribution is 5.03. The van der Waals surface area contributed by atoms with Crippen LogP contribution in [0.25, 0.3) is 0 Å². The monoisotopic (exact) mass is 180 g/mol. The molecular formula is C10H16N2O. The fraction of sp³-hybridized carbons (Fsp3) is 0.600. The molecule has 0 unspecified atom stereocenters. The SMILES string of the molecule is c1c[nH]c(CCN2CCOCC2)c1. The van der Waals surface area contributed by atoms with Crippen molar-refractivity contribution < 1.29 is 4.74 Å². The van der Waals surface area contributed by atoms with Gasteiger partial charge in [-0.3, -0.25) is 4.90 Å². The lowest BCUT2D eigenvalue weighted by atomic mass is 10.3. The first-order chi connectivity index (χ1) is 6.45. The Morgan fingerprint density at radius 2 is 2.23 bits per heavy atom. The third kappa shape index (κ3) is 2.57. The molecule has 1 aliphatic heterocycles. The highest BCUT2D eigenvalue weighted by Crippen LogP contribution is 2.01. The van der Waals surface area contributed by atoms with Gasteiger partial charge < -0.3 is 9.72 Å². The summed E-state index contributed by atoms with van der Waals surface area (Å²) in [7, 11) is 0. The van der Waals surface area contributed by atoms with E-state index in [1.54, 1.807) is 0 Å². The molecule has 1 aromatic heterocycles. The van der Waals surface area contributed by atoms with Crippen LogP contribution >= 0.6 is 0 Å². The number of morpholine rings is 1. The highest BCUT2D eigenvalue weighted by Gasteiger charge is 2.09. The lowest BCUT2D eigenvalue weighted by Gasteiger charge is -2.26. The van der Waals surface area contributed by atoms with Gasteiger partial charge in [0.25, 0.3) is 0 Å². The van der Waals surface area contributed by atoms with E-state index in [1.807, 2.05) is 6.20 Å². The van der Waals surface area contributed by atoms with Crippen molar-refractivity contribution >= 4 is 0 Å². The van der Waals surface area contributed by atoms with Gasteiger partial charge in [-0.05, 0) is 12.1 Å². The van der Waals surface area contributed by atoms with Gasteiger partial charge in [-0.15, -0.1) is 0 Å². The number of rotatable bonds is 3. The van der Waals surface area contributed by atoms with Crippen LogP contribution in [0.3, 0.4) is 0 Å². The summed E-state index contributed by atoms with van der Waals surface area (Å²) in [6, 6.07) is 4.19. The summed E-state index contributed by atoms with van der Waals surface area (Å²) >= 11 is 0. The van der Waals surface area contributed by atoms with Crippen molar-refractivity contribution in [1.82, 2.24) is 9.88 Å². The molecule has 0 atom stereocenters. The van der Waals surface area contributed by atoms with Gasteiger partial charge in [0.15, 0.2) is 0 Å². The number of H-pyrrole nitrogens is 1. The van der Waals surface area contributed by atoms with Crippen molar-refractivity contribution in [2.75, 3.05) is 32.8 Å². The van der Waals surface area contributed by atoms with E-state index < -0.39 is 0 Å². The zero-order valence-corrected chi connectivity index (χ0v) is 7.83. The van der Waals surface area contributed by atoms with Crippen LogP contribution in [0, 0.1) is 0 Å². The predicted molar refractivity (Wildman–Crippen MR) is 51.8 cm³/mol. The Kier molecular flexibility index (Phi) is 3.00. The Hall–Kier alpha value is -0.800. The number of hydrogen-bond donors (Lipinski definition) is 1. The van der Waals surface area contributed by atoms with Crippen LogP contribution in [0.1, 0.15) is 5.69 Å². The van der Waals surface area contributed by atoms with Gasteiger partial charge in [-0.1, -0.05) is 0 Å². The third-order valence-corrected chi connectivity index (χ3v) is 2.46. The topological polar surface area (TPSA) is 28.3 Å².